The number of amides is 2. The molecule has 2 fully saturated rings. The summed E-state index contributed by atoms with van der Waals surface area (Å²) in [6.07, 6.45) is 4.10. The minimum atomic E-state index is -0.748. The summed E-state index contributed by atoms with van der Waals surface area (Å²) in [6.45, 7) is 2.17. The zero-order chi connectivity index (χ0) is 12.4. The minimum Gasteiger partial charge on any atom is -0.481 e. The monoisotopic (exact) mass is 240 g/mol. The number of nitrogens with one attached hydrogen (secondary N) is 2. The second kappa shape index (κ2) is 4.94. The lowest BCUT2D eigenvalue weighted by Crippen LogP contribution is -2.49. The Hall–Kier alpha value is -1.26. The maximum Gasteiger partial charge on any atom is 0.315 e. The third-order valence-corrected chi connectivity index (χ3v) is 3.83. The van der Waals surface area contributed by atoms with E-state index in [0.717, 1.165) is 19.3 Å². The number of carbonyl (C=O) groups excluding carboxylic acids is 1. The Balaban J connectivity index is 1.67. The molecule has 0 aromatic carbocycles. The van der Waals surface area contributed by atoms with Gasteiger partial charge in [-0.25, -0.2) is 4.79 Å². The molecule has 5 heteroatoms. The van der Waals surface area contributed by atoms with E-state index in [1.54, 1.807) is 0 Å². The lowest BCUT2D eigenvalue weighted by atomic mass is 9.82. The molecule has 2 atom stereocenters. The van der Waals surface area contributed by atoms with Gasteiger partial charge in [-0.15, -0.1) is 0 Å². The quantitative estimate of drug-likeness (QED) is 0.696. The molecular formula is C12H20N2O3. The lowest BCUT2D eigenvalue weighted by Gasteiger charge is -2.33. The molecule has 96 valence electrons. The predicted molar refractivity (Wildman–Crippen MR) is 62.6 cm³/mol. The van der Waals surface area contributed by atoms with Gasteiger partial charge in [0.1, 0.15) is 0 Å². The third kappa shape index (κ3) is 3.11. The van der Waals surface area contributed by atoms with Gasteiger partial charge in [0.15, 0.2) is 0 Å². The molecule has 5 nitrogen and oxygen atoms in total. The summed E-state index contributed by atoms with van der Waals surface area (Å²) in [6, 6.07) is 0.188. The molecule has 0 spiro atoms. The lowest BCUT2D eigenvalue weighted by molar-refractivity contribution is -0.141. The van der Waals surface area contributed by atoms with E-state index in [4.69, 9.17) is 5.11 Å². The van der Waals surface area contributed by atoms with Gasteiger partial charge in [-0.3, -0.25) is 4.79 Å². The maximum atomic E-state index is 11.6. The highest BCUT2D eigenvalue weighted by Gasteiger charge is 2.32. The fraction of sp³-hybridized carbons (Fsp3) is 0.833. The Bertz CT molecular complexity index is 313. The number of aliphatic carboxylic acids is 1. The molecule has 0 radical (unpaired) electrons. The van der Waals surface area contributed by atoms with Gasteiger partial charge < -0.3 is 15.7 Å². The Labute approximate surface area is 101 Å². The van der Waals surface area contributed by atoms with E-state index < -0.39 is 5.97 Å². The topological polar surface area (TPSA) is 78.4 Å². The first-order valence-corrected chi connectivity index (χ1v) is 6.34. The number of hydrogen-bond donors (Lipinski definition) is 3. The molecule has 3 N–H and O–H groups in total. The Kier molecular flexibility index (Phi) is 3.54. The van der Waals surface area contributed by atoms with Gasteiger partial charge in [0.05, 0.1) is 5.92 Å². The second-order valence-corrected chi connectivity index (χ2v) is 5.44. The van der Waals surface area contributed by atoms with Crippen LogP contribution in [-0.4, -0.2) is 29.2 Å². The van der Waals surface area contributed by atoms with Crippen molar-refractivity contribution in [1.82, 2.24) is 10.6 Å². The third-order valence-electron chi connectivity index (χ3n) is 3.83. The van der Waals surface area contributed by atoms with E-state index in [0.29, 0.717) is 24.8 Å². The van der Waals surface area contributed by atoms with E-state index >= 15 is 0 Å². The van der Waals surface area contributed by atoms with Gasteiger partial charge in [0, 0.05) is 12.1 Å². The molecule has 0 aromatic rings. The second-order valence-electron chi connectivity index (χ2n) is 5.44. The highest BCUT2D eigenvalue weighted by atomic mass is 16.4. The van der Waals surface area contributed by atoms with Crippen LogP contribution in [0.3, 0.4) is 0 Å². The average Bonchev–Trinajstić information content (AvgIpc) is 2.63. The smallest absolute Gasteiger partial charge is 0.315 e. The SMILES string of the molecule is CC1CC(NC(=O)NC2CCC(C(=O)O)C2)C1. The van der Waals surface area contributed by atoms with Gasteiger partial charge in [-0.05, 0) is 38.0 Å². The van der Waals surface area contributed by atoms with E-state index in [2.05, 4.69) is 17.6 Å². The predicted octanol–water partition coefficient (Wildman–Crippen LogP) is 1.34. The van der Waals surface area contributed by atoms with Crippen molar-refractivity contribution >= 4 is 12.0 Å². The molecule has 0 aliphatic heterocycles. The van der Waals surface area contributed by atoms with Crippen LogP contribution in [0.1, 0.15) is 39.0 Å². The summed E-state index contributed by atoms with van der Waals surface area (Å²) < 4.78 is 0. The molecule has 2 saturated carbocycles. The van der Waals surface area contributed by atoms with Crippen LogP contribution in [0.4, 0.5) is 4.79 Å². The molecule has 0 heterocycles. The van der Waals surface area contributed by atoms with Gasteiger partial charge in [-0.2, -0.15) is 0 Å². The minimum absolute atomic E-state index is 0.0219. The van der Waals surface area contributed by atoms with Crippen LogP contribution in [0.5, 0.6) is 0 Å². The fourth-order valence-corrected chi connectivity index (χ4v) is 2.77. The van der Waals surface area contributed by atoms with Crippen molar-refractivity contribution in [2.24, 2.45) is 11.8 Å². The molecule has 2 aliphatic carbocycles. The van der Waals surface area contributed by atoms with Crippen LogP contribution in [0.25, 0.3) is 0 Å². The van der Waals surface area contributed by atoms with Crippen molar-refractivity contribution in [3.8, 4) is 0 Å². The van der Waals surface area contributed by atoms with Crippen molar-refractivity contribution in [3.05, 3.63) is 0 Å². The molecule has 2 aliphatic rings. The zero-order valence-electron chi connectivity index (χ0n) is 10.1. The van der Waals surface area contributed by atoms with Crippen LogP contribution in [-0.2, 0) is 4.79 Å². The molecule has 2 amide bonds. The molecule has 2 rings (SSSR count). The van der Waals surface area contributed by atoms with Crippen LogP contribution < -0.4 is 10.6 Å². The number of carboxylic acid groups (broad SMARTS) is 1. The van der Waals surface area contributed by atoms with E-state index in [9.17, 15) is 9.59 Å². The van der Waals surface area contributed by atoms with Crippen LogP contribution >= 0.6 is 0 Å². The zero-order valence-corrected chi connectivity index (χ0v) is 10.1. The Morgan fingerprint density at radius 2 is 1.71 bits per heavy atom. The summed E-state index contributed by atoms with van der Waals surface area (Å²) in [5, 5.41) is 14.6. The summed E-state index contributed by atoms with van der Waals surface area (Å²) >= 11 is 0. The van der Waals surface area contributed by atoms with Gasteiger partial charge in [-0.1, -0.05) is 6.92 Å². The Morgan fingerprint density at radius 3 is 2.24 bits per heavy atom. The standard InChI is InChI=1S/C12H20N2O3/c1-7-4-10(5-7)14-12(17)13-9-3-2-8(6-9)11(15)16/h7-10H,2-6H2,1H3,(H,15,16)(H2,13,14,17). The fourth-order valence-electron chi connectivity index (χ4n) is 2.77. The van der Waals surface area contributed by atoms with Crippen molar-refractivity contribution < 1.29 is 14.7 Å². The number of rotatable bonds is 3. The first-order valence-electron chi connectivity index (χ1n) is 6.34. The molecule has 0 aromatic heterocycles. The molecule has 0 saturated heterocycles. The summed E-state index contributed by atoms with van der Waals surface area (Å²) in [5.74, 6) is -0.324. The molecule has 0 bridgehead atoms. The van der Waals surface area contributed by atoms with Crippen molar-refractivity contribution in [2.45, 2.75) is 51.1 Å². The van der Waals surface area contributed by atoms with E-state index in [1.165, 1.54) is 0 Å². The molecule has 2 unspecified atom stereocenters. The van der Waals surface area contributed by atoms with Crippen LogP contribution in [0.15, 0.2) is 0 Å². The Morgan fingerprint density at radius 1 is 1.06 bits per heavy atom. The summed E-state index contributed by atoms with van der Waals surface area (Å²) in [7, 11) is 0. The van der Waals surface area contributed by atoms with Crippen LogP contribution in [0, 0.1) is 11.8 Å². The molecular weight excluding hydrogens is 220 g/mol. The van der Waals surface area contributed by atoms with Crippen LogP contribution in [0.2, 0.25) is 0 Å². The number of carboxylic acids is 1. The van der Waals surface area contributed by atoms with E-state index in [1.807, 2.05) is 0 Å². The maximum absolute atomic E-state index is 11.6. The van der Waals surface area contributed by atoms with Gasteiger partial charge in [0.2, 0.25) is 0 Å². The highest BCUT2D eigenvalue weighted by molar-refractivity contribution is 5.75. The van der Waals surface area contributed by atoms with Crippen molar-refractivity contribution in [2.75, 3.05) is 0 Å². The average molecular weight is 240 g/mol. The van der Waals surface area contributed by atoms with E-state index in [-0.39, 0.29) is 18.0 Å². The summed E-state index contributed by atoms with van der Waals surface area (Å²) in [4.78, 5) is 22.4. The summed E-state index contributed by atoms with van der Waals surface area (Å²) in [5.41, 5.74) is 0. The molecule has 17 heavy (non-hydrogen) atoms. The largest absolute Gasteiger partial charge is 0.481 e. The van der Waals surface area contributed by atoms with Crippen molar-refractivity contribution in [1.29, 1.82) is 0 Å². The number of carbonyl (C=O) groups is 2. The highest BCUT2D eigenvalue weighted by Crippen LogP contribution is 2.27. The van der Waals surface area contributed by atoms with Gasteiger partial charge >= 0.3 is 12.0 Å². The first kappa shape index (κ1) is 12.2. The normalized spacial score (nSPS) is 36.1. The van der Waals surface area contributed by atoms with Crippen molar-refractivity contribution in [3.63, 3.8) is 0 Å². The number of hydrogen-bond acceptors (Lipinski definition) is 2. The first-order chi connectivity index (χ1) is 8.04. The van der Waals surface area contributed by atoms with Gasteiger partial charge in [0.25, 0.3) is 0 Å². The number of urea groups is 1.